The van der Waals surface area contributed by atoms with Crippen LogP contribution in [0.2, 0.25) is 0 Å². The van der Waals surface area contributed by atoms with Crippen LogP contribution in [0.15, 0.2) is 5.38 Å². The second kappa shape index (κ2) is 3.68. The Morgan fingerprint density at radius 3 is 3.00 bits per heavy atom. The van der Waals surface area contributed by atoms with Gasteiger partial charge in [-0.25, -0.2) is 4.98 Å². The molecule has 0 aliphatic heterocycles. The van der Waals surface area contributed by atoms with Crippen molar-refractivity contribution in [2.24, 2.45) is 5.73 Å². The summed E-state index contributed by atoms with van der Waals surface area (Å²) < 4.78 is 0. The van der Waals surface area contributed by atoms with Gasteiger partial charge in [0.05, 0.1) is 10.7 Å². The third-order valence-electron chi connectivity index (χ3n) is 1.32. The summed E-state index contributed by atoms with van der Waals surface area (Å²) >= 11 is 1.71. The molecule has 1 heterocycles. The Labute approximate surface area is 65.1 Å². The van der Waals surface area contributed by atoms with E-state index in [0.717, 1.165) is 12.8 Å². The fourth-order valence-electron chi connectivity index (χ4n) is 0.750. The number of aryl methyl sites for hydroxylation is 1. The predicted molar refractivity (Wildman–Crippen MR) is 44.3 cm³/mol. The maximum atomic E-state index is 5.38. The van der Waals surface area contributed by atoms with E-state index in [9.17, 15) is 0 Å². The van der Waals surface area contributed by atoms with E-state index >= 15 is 0 Å². The molecule has 0 aromatic carbocycles. The Hall–Kier alpha value is -0.410. The zero-order valence-electron chi connectivity index (χ0n) is 6.13. The van der Waals surface area contributed by atoms with Crippen molar-refractivity contribution >= 4 is 11.3 Å². The molecule has 10 heavy (non-hydrogen) atoms. The molecular formula is C7H12N2S. The Morgan fingerprint density at radius 1 is 1.70 bits per heavy atom. The molecule has 2 N–H and O–H groups in total. The van der Waals surface area contributed by atoms with Gasteiger partial charge in [0.25, 0.3) is 0 Å². The first-order chi connectivity index (χ1) is 4.86. The minimum absolute atomic E-state index is 0.705. The summed E-state index contributed by atoms with van der Waals surface area (Å²) in [4.78, 5) is 4.36. The average Bonchev–Trinajstić information content (AvgIpc) is 2.37. The van der Waals surface area contributed by atoms with Crippen molar-refractivity contribution in [1.82, 2.24) is 4.98 Å². The third kappa shape index (κ3) is 1.78. The standard InChI is InChI=1S/C7H12N2S/c1-2-6-5-10-7(9-6)3-4-8/h5H,2-4,8H2,1H3. The molecule has 0 bridgehead atoms. The molecule has 0 aliphatic rings. The summed E-state index contributed by atoms with van der Waals surface area (Å²) in [5, 5.41) is 3.27. The van der Waals surface area contributed by atoms with Crippen molar-refractivity contribution in [3.63, 3.8) is 0 Å². The first-order valence-electron chi connectivity index (χ1n) is 3.50. The average molecular weight is 156 g/mol. The van der Waals surface area contributed by atoms with Gasteiger partial charge in [-0.3, -0.25) is 0 Å². The molecule has 0 atom stereocenters. The van der Waals surface area contributed by atoms with Gasteiger partial charge < -0.3 is 5.73 Å². The van der Waals surface area contributed by atoms with Gasteiger partial charge in [-0.2, -0.15) is 0 Å². The minimum atomic E-state index is 0.705. The number of aromatic nitrogens is 1. The normalized spacial score (nSPS) is 10.2. The number of hydrogen-bond donors (Lipinski definition) is 1. The summed E-state index contributed by atoms with van der Waals surface area (Å²) in [5.41, 5.74) is 6.57. The lowest BCUT2D eigenvalue weighted by molar-refractivity contribution is 0.930. The largest absolute Gasteiger partial charge is 0.330 e. The molecule has 1 rings (SSSR count). The van der Waals surface area contributed by atoms with Crippen LogP contribution in [0.4, 0.5) is 0 Å². The molecular weight excluding hydrogens is 144 g/mol. The number of nitrogens with two attached hydrogens (primary N) is 1. The Morgan fingerprint density at radius 2 is 2.50 bits per heavy atom. The summed E-state index contributed by atoms with van der Waals surface area (Å²) in [6.07, 6.45) is 1.95. The Bertz CT molecular complexity index is 195. The molecule has 3 heteroatoms. The smallest absolute Gasteiger partial charge is 0.0940 e. The second-order valence-electron chi connectivity index (χ2n) is 2.12. The van der Waals surface area contributed by atoms with E-state index in [1.165, 1.54) is 10.7 Å². The van der Waals surface area contributed by atoms with Crippen LogP contribution in [0.25, 0.3) is 0 Å². The van der Waals surface area contributed by atoms with Gasteiger partial charge in [-0.15, -0.1) is 11.3 Å². The van der Waals surface area contributed by atoms with E-state index in [4.69, 9.17) is 5.73 Å². The molecule has 56 valence electrons. The number of thiazole rings is 1. The van der Waals surface area contributed by atoms with Crippen molar-refractivity contribution < 1.29 is 0 Å². The monoisotopic (exact) mass is 156 g/mol. The highest BCUT2D eigenvalue weighted by Crippen LogP contribution is 2.09. The molecule has 0 saturated heterocycles. The molecule has 1 aromatic rings. The van der Waals surface area contributed by atoms with Gasteiger partial charge in [0.2, 0.25) is 0 Å². The Kier molecular flexibility index (Phi) is 2.83. The summed E-state index contributed by atoms with van der Waals surface area (Å²) in [7, 11) is 0. The Balaban J connectivity index is 2.59. The van der Waals surface area contributed by atoms with E-state index in [0.29, 0.717) is 6.54 Å². The molecule has 0 aliphatic carbocycles. The summed E-state index contributed by atoms with van der Waals surface area (Å²) in [5.74, 6) is 0. The van der Waals surface area contributed by atoms with Crippen LogP contribution < -0.4 is 5.73 Å². The van der Waals surface area contributed by atoms with Gasteiger partial charge in [-0.05, 0) is 13.0 Å². The molecule has 2 nitrogen and oxygen atoms in total. The third-order valence-corrected chi connectivity index (χ3v) is 2.28. The lowest BCUT2D eigenvalue weighted by Gasteiger charge is -1.87. The van der Waals surface area contributed by atoms with Crippen LogP contribution in [-0.4, -0.2) is 11.5 Å². The molecule has 1 aromatic heterocycles. The van der Waals surface area contributed by atoms with Crippen LogP contribution in [0, 0.1) is 0 Å². The fourth-order valence-corrected chi connectivity index (χ4v) is 1.65. The number of nitrogens with zero attached hydrogens (tertiary/aromatic N) is 1. The van der Waals surface area contributed by atoms with Crippen LogP contribution in [0.3, 0.4) is 0 Å². The zero-order chi connectivity index (χ0) is 7.40. The zero-order valence-corrected chi connectivity index (χ0v) is 6.95. The van der Waals surface area contributed by atoms with Gasteiger partial charge in [0.1, 0.15) is 0 Å². The van der Waals surface area contributed by atoms with E-state index in [2.05, 4.69) is 17.3 Å². The summed E-state index contributed by atoms with van der Waals surface area (Å²) in [6.45, 7) is 2.82. The minimum Gasteiger partial charge on any atom is -0.330 e. The first-order valence-corrected chi connectivity index (χ1v) is 4.38. The van der Waals surface area contributed by atoms with E-state index in [1.807, 2.05) is 0 Å². The van der Waals surface area contributed by atoms with Crippen molar-refractivity contribution in [3.8, 4) is 0 Å². The highest BCUT2D eigenvalue weighted by molar-refractivity contribution is 7.09. The van der Waals surface area contributed by atoms with Crippen LogP contribution in [0.1, 0.15) is 17.6 Å². The van der Waals surface area contributed by atoms with Crippen molar-refractivity contribution in [2.75, 3.05) is 6.54 Å². The van der Waals surface area contributed by atoms with E-state index < -0.39 is 0 Å². The predicted octanol–water partition coefficient (Wildman–Crippen LogP) is 1.21. The van der Waals surface area contributed by atoms with Crippen molar-refractivity contribution in [1.29, 1.82) is 0 Å². The highest BCUT2D eigenvalue weighted by Gasteiger charge is 1.97. The maximum Gasteiger partial charge on any atom is 0.0940 e. The van der Waals surface area contributed by atoms with Gasteiger partial charge in [0.15, 0.2) is 0 Å². The molecule has 0 spiro atoms. The van der Waals surface area contributed by atoms with E-state index in [1.54, 1.807) is 11.3 Å². The van der Waals surface area contributed by atoms with Crippen molar-refractivity contribution in [2.45, 2.75) is 19.8 Å². The van der Waals surface area contributed by atoms with Crippen molar-refractivity contribution in [3.05, 3.63) is 16.1 Å². The second-order valence-corrected chi connectivity index (χ2v) is 3.07. The van der Waals surface area contributed by atoms with E-state index in [-0.39, 0.29) is 0 Å². The molecule has 0 radical (unpaired) electrons. The fraction of sp³-hybridized carbons (Fsp3) is 0.571. The molecule has 0 fully saturated rings. The number of hydrogen-bond acceptors (Lipinski definition) is 3. The lowest BCUT2D eigenvalue weighted by atomic mass is 10.4. The van der Waals surface area contributed by atoms with Gasteiger partial charge in [-0.1, -0.05) is 6.92 Å². The molecule has 0 amide bonds. The SMILES string of the molecule is CCc1csc(CCN)n1. The quantitative estimate of drug-likeness (QED) is 0.714. The molecule has 0 saturated carbocycles. The number of rotatable bonds is 3. The first kappa shape index (κ1) is 7.69. The lowest BCUT2D eigenvalue weighted by Crippen LogP contribution is -2.02. The summed E-state index contributed by atoms with van der Waals surface area (Å²) in [6, 6.07) is 0. The molecule has 0 unspecified atom stereocenters. The highest BCUT2D eigenvalue weighted by atomic mass is 32.1. The van der Waals surface area contributed by atoms with Crippen LogP contribution in [-0.2, 0) is 12.8 Å². The van der Waals surface area contributed by atoms with Crippen LogP contribution >= 0.6 is 11.3 Å². The topological polar surface area (TPSA) is 38.9 Å². The maximum absolute atomic E-state index is 5.38. The van der Waals surface area contributed by atoms with Crippen LogP contribution in [0.5, 0.6) is 0 Å². The van der Waals surface area contributed by atoms with Gasteiger partial charge >= 0.3 is 0 Å². The van der Waals surface area contributed by atoms with Gasteiger partial charge in [0, 0.05) is 11.8 Å².